The van der Waals surface area contributed by atoms with Gasteiger partial charge in [0, 0.05) is 49.4 Å². The number of anilines is 2. The summed E-state index contributed by atoms with van der Waals surface area (Å²) in [5, 5.41) is 3.40. The molecule has 0 unspecified atom stereocenters. The standard InChI is InChI=1S/C24H31N5O5S3/c1-16(2)23-28-21(22(35-23)20-7-10-25-24(27-20)26-11-14-36(3,30)31)17-5-4-6-18(15-17)29-37(32,33)19-8-12-34-13-9-19/h4-7,10,15-16,19,29H,8-9,11-14H2,1-3H3,(H,25,26,27). The molecular formula is C24H31N5O5S3. The Hall–Kier alpha value is -2.61. The van der Waals surface area contributed by atoms with Gasteiger partial charge in [-0.3, -0.25) is 4.72 Å². The second-order valence-electron chi connectivity index (χ2n) is 9.25. The van der Waals surface area contributed by atoms with Crippen molar-refractivity contribution < 1.29 is 21.6 Å². The first-order valence-corrected chi connectivity index (χ1v) is 16.4. The summed E-state index contributed by atoms with van der Waals surface area (Å²) in [4.78, 5) is 14.5. The summed E-state index contributed by atoms with van der Waals surface area (Å²) in [6.07, 6.45) is 3.73. The van der Waals surface area contributed by atoms with E-state index in [1.807, 2.05) is 6.07 Å². The van der Waals surface area contributed by atoms with Gasteiger partial charge in [0.2, 0.25) is 16.0 Å². The molecular weight excluding hydrogens is 534 g/mol. The van der Waals surface area contributed by atoms with Gasteiger partial charge in [0.1, 0.15) is 9.84 Å². The Morgan fingerprint density at radius 3 is 2.57 bits per heavy atom. The molecule has 1 aromatic carbocycles. The van der Waals surface area contributed by atoms with Crippen LogP contribution in [0.1, 0.15) is 37.6 Å². The smallest absolute Gasteiger partial charge is 0.235 e. The summed E-state index contributed by atoms with van der Waals surface area (Å²) in [5.74, 6) is 0.479. The predicted molar refractivity (Wildman–Crippen MR) is 147 cm³/mol. The Kier molecular flexibility index (Phi) is 8.46. The van der Waals surface area contributed by atoms with E-state index < -0.39 is 25.1 Å². The quantitative estimate of drug-likeness (QED) is 0.376. The highest BCUT2D eigenvalue weighted by molar-refractivity contribution is 7.93. The third-order valence-corrected chi connectivity index (χ3v) is 9.98. The molecule has 0 aliphatic carbocycles. The van der Waals surface area contributed by atoms with E-state index in [2.05, 4.69) is 33.9 Å². The molecule has 0 amide bonds. The van der Waals surface area contributed by atoms with Gasteiger partial charge in [-0.15, -0.1) is 11.3 Å². The molecule has 1 aliphatic heterocycles. The zero-order chi connectivity index (χ0) is 26.6. The second kappa shape index (κ2) is 11.4. The number of benzene rings is 1. The van der Waals surface area contributed by atoms with Crippen molar-refractivity contribution in [2.45, 2.75) is 37.9 Å². The molecule has 10 nitrogen and oxygen atoms in total. The second-order valence-corrected chi connectivity index (χ2v) is 14.5. The van der Waals surface area contributed by atoms with Crippen molar-refractivity contribution >= 4 is 42.8 Å². The molecule has 0 atom stereocenters. The van der Waals surface area contributed by atoms with E-state index in [1.54, 1.807) is 30.5 Å². The van der Waals surface area contributed by atoms with Crippen LogP contribution < -0.4 is 10.0 Å². The minimum atomic E-state index is -3.55. The molecule has 1 fully saturated rings. The third-order valence-electron chi connectivity index (χ3n) is 5.79. The number of ether oxygens (including phenoxy) is 1. The van der Waals surface area contributed by atoms with E-state index in [0.29, 0.717) is 49.1 Å². The first-order valence-electron chi connectivity index (χ1n) is 12.0. The van der Waals surface area contributed by atoms with E-state index in [1.165, 1.54) is 17.6 Å². The highest BCUT2D eigenvalue weighted by Gasteiger charge is 2.28. The maximum absolute atomic E-state index is 12.9. The fourth-order valence-electron chi connectivity index (χ4n) is 3.84. The number of sulfone groups is 1. The van der Waals surface area contributed by atoms with Gasteiger partial charge in [-0.25, -0.2) is 31.8 Å². The summed E-state index contributed by atoms with van der Waals surface area (Å²) in [6.45, 7) is 5.20. The Morgan fingerprint density at radius 1 is 1.11 bits per heavy atom. The number of rotatable bonds is 10. The van der Waals surface area contributed by atoms with E-state index in [9.17, 15) is 16.8 Å². The number of nitrogens with zero attached hydrogens (tertiary/aromatic N) is 3. The zero-order valence-electron chi connectivity index (χ0n) is 21.0. The summed E-state index contributed by atoms with van der Waals surface area (Å²) in [5.41, 5.74) is 2.57. The molecule has 200 valence electrons. The highest BCUT2D eigenvalue weighted by Crippen LogP contribution is 2.39. The van der Waals surface area contributed by atoms with Crippen LogP contribution in [0.25, 0.3) is 21.8 Å². The van der Waals surface area contributed by atoms with Crippen molar-refractivity contribution in [3.05, 3.63) is 41.5 Å². The van der Waals surface area contributed by atoms with E-state index >= 15 is 0 Å². The lowest BCUT2D eigenvalue weighted by molar-refractivity contribution is 0.0984. The van der Waals surface area contributed by atoms with Crippen LogP contribution in [0.15, 0.2) is 36.5 Å². The Bertz CT molecular complexity index is 1450. The van der Waals surface area contributed by atoms with Gasteiger partial charge in [0.05, 0.1) is 32.3 Å². The monoisotopic (exact) mass is 565 g/mol. The number of thiazole rings is 1. The minimum Gasteiger partial charge on any atom is -0.381 e. The van der Waals surface area contributed by atoms with Crippen molar-refractivity contribution in [2.24, 2.45) is 0 Å². The van der Waals surface area contributed by atoms with E-state index in [0.717, 1.165) is 15.4 Å². The molecule has 0 bridgehead atoms. The fraction of sp³-hybridized carbons (Fsp3) is 0.458. The molecule has 0 saturated carbocycles. The van der Waals surface area contributed by atoms with Crippen molar-refractivity contribution in [1.82, 2.24) is 15.0 Å². The SMILES string of the molecule is CC(C)c1nc(-c2cccc(NS(=O)(=O)C3CCOCC3)c2)c(-c2ccnc(NCCS(C)(=O)=O)n2)s1. The van der Waals surface area contributed by atoms with Crippen LogP contribution in [0.4, 0.5) is 11.6 Å². The maximum atomic E-state index is 12.9. The van der Waals surface area contributed by atoms with Crippen molar-refractivity contribution in [2.75, 3.05) is 41.8 Å². The number of hydrogen-bond donors (Lipinski definition) is 2. The van der Waals surface area contributed by atoms with Gasteiger partial charge in [-0.05, 0) is 31.0 Å². The van der Waals surface area contributed by atoms with Gasteiger partial charge >= 0.3 is 0 Å². The molecule has 2 aromatic heterocycles. The zero-order valence-corrected chi connectivity index (χ0v) is 23.4. The van der Waals surface area contributed by atoms with Gasteiger partial charge in [-0.1, -0.05) is 26.0 Å². The van der Waals surface area contributed by atoms with Crippen LogP contribution in [0, 0.1) is 0 Å². The Balaban J connectivity index is 1.64. The summed E-state index contributed by atoms with van der Waals surface area (Å²) in [7, 11) is -6.66. The third kappa shape index (κ3) is 7.24. The summed E-state index contributed by atoms with van der Waals surface area (Å²) < 4.78 is 56.8. The Morgan fingerprint density at radius 2 is 1.86 bits per heavy atom. The normalized spacial score (nSPS) is 15.1. The average Bonchev–Trinajstić information content (AvgIpc) is 3.30. The largest absolute Gasteiger partial charge is 0.381 e. The van der Waals surface area contributed by atoms with Crippen LogP contribution in [0.5, 0.6) is 0 Å². The molecule has 3 heterocycles. The molecule has 1 aliphatic rings. The van der Waals surface area contributed by atoms with Gasteiger partial charge in [-0.2, -0.15) is 0 Å². The topological polar surface area (TPSA) is 140 Å². The van der Waals surface area contributed by atoms with Crippen LogP contribution in [-0.4, -0.2) is 68.8 Å². The van der Waals surface area contributed by atoms with Crippen LogP contribution in [0.2, 0.25) is 0 Å². The van der Waals surface area contributed by atoms with Gasteiger partial charge in [0.15, 0.2) is 0 Å². The van der Waals surface area contributed by atoms with Crippen molar-refractivity contribution in [1.29, 1.82) is 0 Å². The summed E-state index contributed by atoms with van der Waals surface area (Å²) in [6, 6.07) is 8.98. The molecule has 37 heavy (non-hydrogen) atoms. The average molecular weight is 566 g/mol. The first kappa shape index (κ1) is 27.4. The molecule has 0 spiro atoms. The molecule has 3 aromatic rings. The predicted octanol–water partition coefficient (Wildman–Crippen LogP) is 3.77. The molecule has 2 N–H and O–H groups in total. The van der Waals surface area contributed by atoms with Crippen molar-refractivity contribution in [3.8, 4) is 21.8 Å². The van der Waals surface area contributed by atoms with Gasteiger partial charge in [0.25, 0.3) is 0 Å². The van der Waals surface area contributed by atoms with Crippen LogP contribution >= 0.6 is 11.3 Å². The maximum Gasteiger partial charge on any atom is 0.235 e. The lowest BCUT2D eigenvalue weighted by Gasteiger charge is -2.22. The van der Waals surface area contributed by atoms with Crippen LogP contribution in [0.3, 0.4) is 0 Å². The van der Waals surface area contributed by atoms with Crippen molar-refractivity contribution in [3.63, 3.8) is 0 Å². The van der Waals surface area contributed by atoms with Gasteiger partial charge < -0.3 is 10.1 Å². The first-order chi connectivity index (χ1) is 17.5. The number of aromatic nitrogens is 3. The van der Waals surface area contributed by atoms with E-state index in [4.69, 9.17) is 9.72 Å². The molecule has 1 saturated heterocycles. The molecule has 4 rings (SSSR count). The lowest BCUT2D eigenvalue weighted by Crippen LogP contribution is -2.33. The number of nitrogens with one attached hydrogen (secondary N) is 2. The highest BCUT2D eigenvalue weighted by atomic mass is 32.2. The van der Waals surface area contributed by atoms with E-state index in [-0.39, 0.29) is 18.2 Å². The molecule has 0 radical (unpaired) electrons. The molecule has 13 heteroatoms. The fourth-order valence-corrected chi connectivity index (χ4v) is 6.80. The lowest BCUT2D eigenvalue weighted by atomic mass is 10.1. The number of sulfonamides is 1. The summed E-state index contributed by atoms with van der Waals surface area (Å²) >= 11 is 1.52. The minimum absolute atomic E-state index is 0.0273. The number of hydrogen-bond acceptors (Lipinski definition) is 10. The Labute approximate surface area is 221 Å². The van der Waals surface area contributed by atoms with Crippen LogP contribution in [-0.2, 0) is 24.6 Å².